The van der Waals surface area contributed by atoms with Crippen LogP contribution in [0.25, 0.3) is 0 Å². The lowest BCUT2D eigenvalue weighted by molar-refractivity contribution is -0.0388. The third-order valence-electron chi connectivity index (χ3n) is 3.18. The van der Waals surface area contributed by atoms with Crippen LogP contribution in [-0.2, 0) is 10.3 Å². The van der Waals surface area contributed by atoms with Gasteiger partial charge in [-0.1, -0.05) is 17.7 Å². The molecule has 2 rings (SSSR count). The van der Waals surface area contributed by atoms with Crippen LogP contribution in [0.1, 0.15) is 42.1 Å². The maximum atomic E-state index is 11.7. The quantitative estimate of drug-likeness (QED) is 0.844. The number of carbonyl (C=O) groups is 1. The molecule has 1 aromatic carbocycles. The van der Waals surface area contributed by atoms with Gasteiger partial charge in [0.25, 0.3) is 0 Å². The fourth-order valence-electron chi connectivity index (χ4n) is 1.98. The summed E-state index contributed by atoms with van der Waals surface area (Å²) in [6.07, 6.45) is 2.47. The minimum atomic E-state index is -0.786. The molecule has 17 heavy (non-hydrogen) atoms. The van der Waals surface area contributed by atoms with Crippen LogP contribution in [0, 0.1) is 0 Å². The zero-order chi connectivity index (χ0) is 12.5. The molecule has 4 heteroatoms. The molecule has 0 radical (unpaired) electrons. The molecule has 1 fully saturated rings. The van der Waals surface area contributed by atoms with Gasteiger partial charge in [0.1, 0.15) is 0 Å². The largest absolute Gasteiger partial charge is 0.462 e. The number of benzene rings is 1. The number of rotatable bonds is 3. The van der Waals surface area contributed by atoms with Gasteiger partial charge >= 0.3 is 5.97 Å². The summed E-state index contributed by atoms with van der Waals surface area (Å²) < 4.78 is 4.92. The van der Waals surface area contributed by atoms with Crippen LogP contribution in [0.2, 0.25) is 5.02 Å². The van der Waals surface area contributed by atoms with E-state index in [-0.39, 0.29) is 0 Å². The zero-order valence-corrected chi connectivity index (χ0v) is 10.5. The first-order chi connectivity index (χ1) is 8.07. The molecule has 0 spiro atoms. The van der Waals surface area contributed by atoms with E-state index in [9.17, 15) is 9.90 Å². The Labute approximate surface area is 105 Å². The van der Waals surface area contributed by atoms with Crippen molar-refractivity contribution in [3.05, 3.63) is 34.3 Å². The minimum absolute atomic E-state index is 0.309. The van der Waals surface area contributed by atoms with E-state index in [1.54, 1.807) is 25.1 Å². The number of esters is 1. The molecule has 0 aromatic heterocycles. The predicted octanol–water partition coefficient (Wildman–Crippen LogP) is 2.89. The summed E-state index contributed by atoms with van der Waals surface area (Å²) in [5.74, 6) is -0.442. The summed E-state index contributed by atoms with van der Waals surface area (Å²) in [5.41, 5.74) is 0.286. The molecular weight excluding hydrogens is 240 g/mol. The van der Waals surface area contributed by atoms with Crippen LogP contribution in [0.3, 0.4) is 0 Å². The molecule has 0 heterocycles. The Hall–Kier alpha value is -1.06. The number of halogens is 1. The average Bonchev–Trinajstić information content (AvgIpc) is 2.27. The molecule has 92 valence electrons. The third-order valence-corrected chi connectivity index (χ3v) is 3.51. The van der Waals surface area contributed by atoms with E-state index in [0.29, 0.717) is 17.2 Å². The topological polar surface area (TPSA) is 46.5 Å². The van der Waals surface area contributed by atoms with Gasteiger partial charge in [0, 0.05) is 0 Å². The second-order valence-corrected chi connectivity index (χ2v) is 4.71. The lowest BCUT2D eigenvalue weighted by atomic mass is 9.75. The second-order valence-electron chi connectivity index (χ2n) is 4.30. The molecule has 1 saturated carbocycles. The van der Waals surface area contributed by atoms with Gasteiger partial charge in [-0.3, -0.25) is 0 Å². The molecule has 3 nitrogen and oxygen atoms in total. The molecule has 0 unspecified atom stereocenters. The van der Waals surface area contributed by atoms with E-state index in [4.69, 9.17) is 16.3 Å². The highest BCUT2D eigenvalue weighted by atomic mass is 35.5. The van der Waals surface area contributed by atoms with E-state index in [1.165, 1.54) is 0 Å². The van der Waals surface area contributed by atoms with Crippen LogP contribution in [0.5, 0.6) is 0 Å². The van der Waals surface area contributed by atoms with Crippen molar-refractivity contribution in [1.82, 2.24) is 0 Å². The number of aliphatic hydroxyl groups is 1. The lowest BCUT2D eigenvalue weighted by Crippen LogP contribution is -2.33. The summed E-state index contributed by atoms with van der Waals surface area (Å²) in [6, 6.07) is 5.04. The second kappa shape index (κ2) is 4.67. The Balaban J connectivity index is 2.32. The van der Waals surface area contributed by atoms with E-state index >= 15 is 0 Å². The molecule has 0 atom stereocenters. The van der Waals surface area contributed by atoms with Gasteiger partial charge in [0.15, 0.2) is 0 Å². The average molecular weight is 255 g/mol. The van der Waals surface area contributed by atoms with Crippen LogP contribution in [0.15, 0.2) is 18.2 Å². The van der Waals surface area contributed by atoms with Crippen molar-refractivity contribution >= 4 is 17.6 Å². The van der Waals surface area contributed by atoms with Crippen molar-refractivity contribution in [2.75, 3.05) is 6.61 Å². The first kappa shape index (κ1) is 12.4. The molecule has 0 bridgehead atoms. The van der Waals surface area contributed by atoms with Crippen LogP contribution in [-0.4, -0.2) is 17.7 Å². The lowest BCUT2D eigenvalue weighted by Gasteiger charge is -2.37. The van der Waals surface area contributed by atoms with Crippen molar-refractivity contribution in [2.45, 2.75) is 31.8 Å². The Morgan fingerprint density at radius 1 is 1.53 bits per heavy atom. The standard InChI is InChI=1S/C13H15ClO3/c1-2-17-12(15)10-8-9(4-5-11(10)14)13(16)6-3-7-13/h4-5,8,16H,2-3,6-7H2,1H3. The first-order valence-corrected chi connectivity index (χ1v) is 6.14. The van der Waals surface area contributed by atoms with Gasteiger partial charge in [0.05, 0.1) is 22.8 Å². The molecule has 1 aromatic rings. The summed E-state index contributed by atoms with van der Waals surface area (Å²) in [4.78, 5) is 11.7. The number of hydrogen-bond acceptors (Lipinski definition) is 3. The monoisotopic (exact) mass is 254 g/mol. The van der Waals surface area contributed by atoms with Gasteiger partial charge in [-0.25, -0.2) is 4.79 Å². The highest BCUT2D eigenvalue weighted by molar-refractivity contribution is 6.33. The summed E-state index contributed by atoms with van der Waals surface area (Å²) >= 11 is 5.96. The van der Waals surface area contributed by atoms with Crippen molar-refractivity contribution < 1.29 is 14.6 Å². The molecule has 0 aliphatic heterocycles. The molecule has 0 amide bonds. The van der Waals surface area contributed by atoms with Gasteiger partial charge < -0.3 is 9.84 Å². The van der Waals surface area contributed by atoms with E-state index in [2.05, 4.69) is 0 Å². The Morgan fingerprint density at radius 3 is 2.76 bits per heavy atom. The number of ether oxygens (including phenoxy) is 1. The molecule has 1 aliphatic carbocycles. The zero-order valence-electron chi connectivity index (χ0n) is 9.70. The summed E-state index contributed by atoms with van der Waals surface area (Å²) in [5, 5.41) is 10.6. The first-order valence-electron chi connectivity index (χ1n) is 5.76. The van der Waals surface area contributed by atoms with Crippen LogP contribution in [0.4, 0.5) is 0 Å². The van der Waals surface area contributed by atoms with Gasteiger partial charge in [-0.05, 0) is 43.9 Å². The summed E-state index contributed by atoms with van der Waals surface area (Å²) in [6.45, 7) is 2.05. The number of carbonyl (C=O) groups excluding carboxylic acids is 1. The van der Waals surface area contributed by atoms with E-state index in [0.717, 1.165) is 24.8 Å². The van der Waals surface area contributed by atoms with Crippen molar-refractivity contribution in [1.29, 1.82) is 0 Å². The molecule has 0 saturated heterocycles. The molecule has 1 aliphatic rings. The maximum absolute atomic E-state index is 11.7. The third kappa shape index (κ3) is 2.31. The highest BCUT2D eigenvalue weighted by Gasteiger charge is 2.36. The fraction of sp³-hybridized carbons (Fsp3) is 0.462. The summed E-state index contributed by atoms with van der Waals surface area (Å²) in [7, 11) is 0. The van der Waals surface area contributed by atoms with Gasteiger partial charge in [-0.15, -0.1) is 0 Å². The Bertz CT molecular complexity index is 438. The normalized spacial score (nSPS) is 17.4. The Morgan fingerprint density at radius 2 is 2.24 bits per heavy atom. The minimum Gasteiger partial charge on any atom is -0.462 e. The van der Waals surface area contributed by atoms with Crippen LogP contribution < -0.4 is 0 Å². The fourth-order valence-corrected chi connectivity index (χ4v) is 2.18. The molecule has 1 N–H and O–H groups in total. The van der Waals surface area contributed by atoms with Crippen LogP contribution >= 0.6 is 11.6 Å². The predicted molar refractivity (Wildman–Crippen MR) is 65.2 cm³/mol. The number of hydrogen-bond donors (Lipinski definition) is 1. The maximum Gasteiger partial charge on any atom is 0.339 e. The SMILES string of the molecule is CCOC(=O)c1cc(C2(O)CCC2)ccc1Cl. The van der Waals surface area contributed by atoms with Crippen molar-refractivity contribution in [3.63, 3.8) is 0 Å². The Kier molecular flexibility index (Phi) is 3.40. The smallest absolute Gasteiger partial charge is 0.339 e. The molecular formula is C13H15ClO3. The van der Waals surface area contributed by atoms with Crippen molar-refractivity contribution in [3.8, 4) is 0 Å². The van der Waals surface area contributed by atoms with Crippen molar-refractivity contribution in [2.24, 2.45) is 0 Å². The van der Waals surface area contributed by atoms with E-state index in [1.807, 2.05) is 0 Å². The van der Waals surface area contributed by atoms with E-state index < -0.39 is 11.6 Å². The van der Waals surface area contributed by atoms with Gasteiger partial charge in [-0.2, -0.15) is 0 Å². The highest BCUT2D eigenvalue weighted by Crippen LogP contribution is 2.41. The van der Waals surface area contributed by atoms with Gasteiger partial charge in [0.2, 0.25) is 0 Å².